The maximum atomic E-state index is 12.6. The highest BCUT2D eigenvalue weighted by atomic mass is 16.5. The van der Waals surface area contributed by atoms with Crippen LogP contribution in [0.5, 0.6) is 0 Å². The molecule has 1 atom stereocenters. The minimum Gasteiger partial charge on any atom is -0.375 e. The molecule has 3 aliphatic rings. The zero-order valence-electron chi connectivity index (χ0n) is 10.5. The Kier molecular flexibility index (Phi) is 2.79. The lowest BCUT2D eigenvalue weighted by molar-refractivity contribution is -0.164. The molecule has 1 spiro atoms. The number of nitrogens with two attached hydrogens (primary N) is 1. The Labute approximate surface area is 103 Å². The van der Waals surface area contributed by atoms with Gasteiger partial charge in [0.15, 0.2) is 0 Å². The van der Waals surface area contributed by atoms with E-state index >= 15 is 0 Å². The van der Waals surface area contributed by atoms with Crippen molar-refractivity contribution in [3.8, 4) is 0 Å². The second-order valence-electron chi connectivity index (χ2n) is 6.28. The van der Waals surface area contributed by atoms with Crippen LogP contribution in [0.2, 0.25) is 0 Å². The third-order valence-electron chi connectivity index (χ3n) is 5.35. The van der Waals surface area contributed by atoms with Crippen LogP contribution in [0.15, 0.2) is 0 Å². The minimum absolute atomic E-state index is 0.0815. The molecule has 0 aromatic rings. The summed E-state index contributed by atoms with van der Waals surface area (Å²) in [6.07, 6.45) is 8.69. The van der Waals surface area contributed by atoms with E-state index in [1.165, 1.54) is 12.8 Å². The van der Waals surface area contributed by atoms with E-state index in [4.69, 9.17) is 10.5 Å². The molecule has 3 fully saturated rings. The summed E-state index contributed by atoms with van der Waals surface area (Å²) in [5.41, 5.74) is 5.77. The fourth-order valence-electron chi connectivity index (χ4n) is 3.76. The summed E-state index contributed by atoms with van der Waals surface area (Å²) >= 11 is 0. The van der Waals surface area contributed by atoms with Crippen molar-refractivity contribution in [2.45, 2.75) is 57.0 Å². The topological polar surface area (TPSA) is 52.3 Å². The number of ether oxygens (including phenoxy) is 1. The number of hydrogen-bond donors (Lipinski definition) is 1. The Morgan fingerprint density at radius 1 is 1.24 bits per heavy atom. The Morgan fingerprint density at radius 3 is 2.41 bits per heavy atom. The van der Waals surface area contributed by atoms with Gasteiger partial charge in [-0.3, -0.25) is 4.79 Å². The van der Waals surface area contributed by atoms with Gasteiger partial charge in [0, 0.05) is 24.5 Å². The molecule has 2 saturated carbocycles. The first-order chi connectivity index (χ1) is 8.20. The van der Waals surface area contributed by atoms with E-state index < -0.39 is 0 Å². The summed E-state index contributed by atoms with van der Waals surface area (Å²) in [7, 11) is 0. The quantitative estimate of drug-likeness (QED) is 0.817. The molecule has 1 saturated heterocycles. The highest BCUT2D eigenvalue weighted by molar-refractivity contribution is 5.88. The van der Waals surface area contributed by atoms with Gasteiger partial charge in [0.2, 0.25) is 0 Å². The molecule has 0 bridgehead atoms. The van der Waals surface area contributed by atoms with Crippen molar-refractivity contribution in [2.75, 3.05) is 13.2 Å². The lowest BCUT2D eigenvalue weighted by atomic mass is 9.60. The van der Waals surface area contributed by atoms with E-state index in [1.54, 1.807) is 0 Å². The van der Waals surface area contributed by atoms with E-state index in [0.29, 0.717) is 12.3 Å². The predicted molar refractivity (Wildman–Crippen MR) is 65.6 cm³/mol. The Hall–Kier alpha value is -0.410. The first kappa shape index (κ1) is 11.7. The van der Waals surface area contributed by atoms with E-state index in [9.17, 15) is 4.79 Å². The van der Waals surface area contributed by atoms with Crippen LogP contribution in [0.3, 0.4) is 0 Å². The predicted octanol–water partition coefficient (Wildman–Crippen LogP) is 2.03. The molecular formula is C14H23NO2. The maximum Gasteiger partial charge on any atom is 0.143 e. The van der Waals surface area contributed by atoms with Gasteiger partial charge in [-0.25, -0.2) is 0 Å². The molecule has 1 aliphatic heterocycles. The largest absolute Gasteiger partial charge is 0.375 e. The van der Waals surface area contributed by atoms with Crippen LogP contribution in [0.1, 0.15) is 51.4 Å². The molecule has 0 aromatic carbocycles. The van der Waals surface area contributed by atoms with Crippen LogP contribution in [0.4, 0.5) is 0 Å². The van der Waals surface area contributed by atoms with E-state index in [-0.39, 0.29) is 16.9 Å². The normalized spacial score (nSPS) is 33.8. The SMILES string of the molecule is NCC1(C(=O)C2CCOC3(CCC3)C2)CCC1. The fourth-order valence-corrected chi connectivity index (χ4v) is 3.76. The molecule has 2 N–H and O–H groups in total. The molecule has 3 heteroatoms. The molecule has 1 heterocycles. The zero-order valence-corrected chi connectivity index (χ0v) is 10.5. The number of carbonyl (C=O) groups is 1. The highest BCUT2D eigenvalue weighted by Gasteiger charge is 2.50. The fraction of sp³-hybridized carbons (Fsp3) is 0.929. The van der Waals surface area contributed by atoms with Gasteiger partial charge >= 0.3 is 0 Å². The molecule has 2 aliphatic carbocycles. The third-order valence-corrected chi connectivity index (χ3v) is 5.35. The van der Waals surface area contributed by atoms with Gasteiger partial charge in [-0.2, -0.15) is 0 Å². The van der Waals surface area contributed by atoms with Crippen LogP contribution < -0.4 is 5.73 Å². The molecule has 0 aromatic heterocycles. The first-order valence-corrected chi connectivity index (χ1v) is 7.08. The van der Waals surface area contributed by atoms with Crippen molar-refractivity contribution in [2.24, 2.45) is 17.1 Å². The molecule has 1 unspecified atom stereocenters. The molecule has 96 valence electrons. The van der Waals surface area contributed by atoms with Crippen molar-refractivity contribution in [1.29, 1.82) is 0 Å². The average Bonchev–Trinajstić information content (AvgIpc) is 2.26. The van der Waals surface area contributed by atoms with Crippen molar-refractivity contribution in [3.05, 3.63) is 0 Å². The van der Waals surface area contributed by atoms with Crippen LogP contribution in [-0.4, -0.2) is 24.5 Å². The second-order valence-corrected chi connectivity index (χ2v) is 6.28. The number of hydrogen-bond acceptors (Lipinski definition) is 3. The summed E-state index contributed by atoms with van der Waals surface area (Å²) in [6.45, 7) is 1.33. The standard InChI is InChI=1S/C14H23NO2/c15-10-13(4-1-5-13)12(16)11-3-8-17-14(9-11)6-2-7-14/h11H,1-10,15H2. The molecule has 3 rings (SSSR count). The number of Topliss-reactive ketones (excluding diaryl/α,β-unsaturated/α-hetero) is 1. The van der Waals surface area contributed by atoms with Crippen LogP contribution in [0.25, 0.3) is 0 Å². The van der Waals surface area contributed by atoms with Gasteiger partial charge in [-0.15, -0.1) is 0 Å². The summed E-state index contributed by atoms with van der Waals surface area (Å²) in [5.74, 6) is 0.689. The van der Waals surface area contributed by atoms with Gasteiger partial charge in [0.05, 0.1) is 5.60 Å². The van der Waals surface area contributed by atoms with Crippen molar-refractivity contribution < 1.29 is 9.53 Å². The van der Waals surface area contributed by atoms with E-state index in [0.717, 1.165) is 45.1 Å². The number of carbonyl (C=O) groups excluding carboxylic acids is 1. The van der Waals surface area contributed by atoms with Gasteiger partial charge in [0.25, 0.3) is 0 Å². The first-order valence-electron chi connectivity index (χ1n) is 7.08. The second kappa shape index (κ2) is 4.06. The Morgan fingerprint density at radius 2 is 1.94 bits per heavy atom. The minimum atomic E-state index is -0.146. The molecule has 3 nitrogen and oxygen atoms in total. The van der Waals surface area contributed by atoms with Crippen molar-refractivity contribution >= 4 is 5.78 Å². The molecule has 17 heavy (non-hydrogen) atoms. The molecule has 0 amide bonds. The van der Waals surface area contributed by atoms with Gasteiger partial charge in [-0.05, 0) is 44.9 Å². The molecule has 0 radical (unpaired) electrons. The summed E-state index contributed by atoms with van der Waals surface area (Å²) < 4.78 is 5.90. The van der Waals surface area contributed by atoms with Crippen LogP contribution in [0, 0.1) is 11.3 Å². The third kappa shape index (κ3) is 1.75. The number of ketones is 1. The summed E-state index contributed by atoms with van der Waals surface area (Å²) in [4.78, 5) is 12.6. The van der Waals surface area contributed by atoms with Gasteiger partial charge in [0.1, 0.15) is 5.78 Å². The summed E-state index contributed by atoms with van der Waals surface area (Å²) in [6, 6.07) is 0. The Balaban J connectivity index is 1.69. The van der Waals surface area contributed by atoms with Crippen molar-refractivity contribution in [3.63, 3.8) is 0 Å². The monoisotopic (exact) mass is 237 g/mol. The van der Waals surface area contributed by atoms with E-state index in [1.807, 2.05) is 0 Å². The smallest absolute Gasteiger partial charge is 0.143 e. The maximum absolute atomic E-state index is 12.6. The highest BCUT2D eigenvalue weighted by Crippen LogP contribution is 2.49. The lowest BCUT2D eigenvalue weighted by Crippen LogP contribution is -2.52. The van der Waals surface area contributed by atoms with Crippen LogP contribution in [-0.2, 0) is 9.53 Å². The van der Waals surface area contributed by atoms with Crippen LogP contribution >= 0.6 is 0 Å². The molecular weight excluding hydrogens is 214 g/mol. The zero-order chi connectivity index (χ0) is 11.9. The number of rotatable bonds is 3. The Bertz CT molecular complexity index is 313. The van der Waals surface area contributed by atoms with Gasteiger partial charge < -0.3 is 10.5 Å². The summed E-state index contributed by atoms with van der Waals surface area (Å²) in [5, 5.41) is 0. The van der Waals surface area contributed by atoms with E-state index in [2.05, 4.69) is 0 Å². The average molecular weight is 237 g/mol. The lowest BCUT2D eigenvalue weighted by Gasteiger charge is -2.49. The van der Waals surface area contributed by atoms with Gasteiger partial charge in [-0.1, -0.05) is 6.42 Å². The van der Waals surface area contributed by atoms with Crippen molar-refractivity contribution in [1.82, 2.24) is 0 Å².